The molecule has 4 aromatic rings. The minimum atomic E-state index is -4.73. The summed E-state index contributed by atoms with van der Waals surface area (Å²) in [5.74, 6) is 0. The standard InChI is InChI=1S/C21H25.C6H4Cl.C6H5.C5H5.CH2.Zr/c1-20(2,3)16-9-7-14-11-15-8-10-17(21(4,5)6)13-19(15)18(14)12-16;7-6-4-2-1-3-5-6;1-2-4-6-5-3-1;1-2-4-5-3-1;;/h7-13H,1-6H3;1-2,4-5H;1-5H;1-5H;1H2;. The molecule has 0 amide bonds. The Morgan fingerprint density at radius 2 is 1.12 bits per heavy atom. The minimum absolute atomic E-state index is 0.0563. The quantitative estimate of drug-likeness (QED) is 0.209. The van der Waals surface area contributed by atoms with Gasteiger partial charge in [-0.3, -0.25) is 0 Å². The first kappa shape index (κ1) is 28.5. The molecule has 208 valence electrons. The second-order valence-electron chi connectivity index (χ2n) is 14.3. The molecule has 0 fully saturated rings. The molecule has 0 heterocycles. The molecule has 0 saturated carbocycles. The van der Waals surface area contributed by atoms with Gasteiger partial charge in [0.2, 0.25) is 0 Å². The third kappa shape index (κ3) is 4.30. The first-order chi connectivity index (χ1) is 19.3. The summed E-state index contributed by atoms with van der Waals surface area (Å²) < 4.78 is 8.72. The van der Waals surface area contributed by atoms with Crippen molar-refractivity contribution in [1.29, 1.82) is 0 Å². The van der Waals surface area contributed by atoms with Crippen molar-refractivity contribution in [3.05, 3.63) is 143 Å². The van der Waals surface area contributed by atoms with Gasteiger partial charge in [0.1, 0.15) is 0 Å². The fourth-order valence-corrected chi connectivity index (χ4v) is 25.5. The van der Waals surface area contributed by atoms with Crippen LogP contribution in [0.4, 0.5) is 0 Å². The number of halogens is 1. The molecule has 0 aromatic heterocycles. The molecule has 0 saturated heterocycles. The summed E-state index contributed by atoms with van der Waals surface area (Å²) in [7, 11) is 0. The molecule has 2 heteroatoms. The Balaban J connectivity index is 1.80. The van der Waals surface area contributed by atoms with E-state index in [4.69, 9.17) is 15.8 Å². The first-order valence-electron chi connectivity index (χ1n) is 14.8. The van der Waals surface area contributed by atoms with E-state index in [9.17, 15) is 0 Å². The first-order valence-corrected chi connectivity index (χ1v) is 22.2. The van der Waals surface area contributed by atoms with Crippen molar-refractivity contribution in [2.24, 2.45) is 0 Å². The Kier molecular flexibility index (Phi) is 6.76. The van der Waals surface area contributed by atoms with Crippen LogP contribution in [0.2, 0.25) is 8.65 Å². The molecule has 0 N–H and O–H groups in total. The summed E-state index contributed by atoms with van der Waals surface area (Å²) >= 11 is 2.10. The molecule has 0 nitrogen and oxygen atoms in total. The molecule has 6 rings (SSSR count). The number of hydrogen-bond donors (Lipinski definition) is 0. The second kappa shape index (κ2) is 9.72. The molecule has 0 spiro atoms. The number of benzene rings is 4. The van der Waals surface area contributed by atoms with Crippen LogP contribution in [0.3, 0.4) is 0 Å². The normalized spacial score (nSPS) is 15.8. The van der Waals surface area contributed by atoms with E-state index in [0.29, 0.717) is 0 Å². The monoisotopic (exact) mass is 634 g/mol. The number of hydrogen-bond acceptors (Lipinski definition) is 0. The third-order valence-electron chi connectivity index (χ3n) is 9.88. The number of fused-ring (bicyclic) bond motifs is 3. The van der Waals surface area contributed by atoms with Crippen molar-refractivity contribution in [2.45, 2.75) is 59.6 Å². The molecule has 0 atom stereocenters. The Bertz CT molecular complexity index is 1700. The fraction of sp³-hybridized carbons (Fsp3) is 0.256. The van der Waals surface area contributed by atoms with Crippen LogP contribution < -0.4 is 6.54 Å². The summed E-state index contributed by atoms with van der Waals surface area (Å²) in [6, 6.07) is 34.5. The van der Waals surface area contributed by atoms with Crippen LogP contribution in [0, 0.1) is 0 Å². The number of rotatable bonds is 4. The molecule has 0 bridgehead atoms. The van der Waals surface area contributed by atoms with Gasteiger partial charge < -0.3 is 0 Å². The molecular formula is C39H41ClZr. The van der Waals surface area contributed by atoms with Crippen LogP contribution in [-0.4, -0.2) is 4.21 Å². The average Bonchev–Trinajstić information content (AvgIpc) is 3.59. The molecular weight excluding hydrogens is 595 g/mol. The van der Waals surface area contributed by atoms with Crippen molar-refractivity contribution in [3.63, 3.8) is 0 Å². The molecule has 4 aromatic carbocycles. The van der Waals surface area contributed by atoms with Gasteiger partial charge in [0, 0.05) is 0 Å². The van der Waals surface area contributed by atoms with E-state index in [1.165, 1.54) is 39.9 Å². The zero-order valence-corrected chi connectivity index (χ0v) is 28.4. The van der Waals surface area contributed by atoms with Gasteiger partial charge in [-0.05, 0) is 0 Å². The van der Waals surface area contributed by atoms with Gasteiger partial charge in [-0.1, -0.05) is 0 Å². The fourth-order valence-electron chi connectivity index (χ4n) is 7.53. The van der Waals surface area contributed by atoms with Gasteiger partial charge in [-0.2, -0.15) is 0 Å². The van der Waals surface area contributed by atoms with E-state index in [1.54, 1.807) is 0 Å². The molecule has 0 radical (unpaired) electrons. The van der Waals surface area contributed by atoms with Crippen molar-refractivity contribution in [1.82, 2.24) is 0 Å². The van der Waals surface area contributed by atoms with Gasteiger partial charge in [0.05, 0.1) is 0 Å². The molecule has 0 unspecified atom stereocenters. The third-order valence-corrected chi connectivity index (χ3v) is 27.9. The summed E-state index contributed by atoms with van der Waals surface area (Å²) in [6.45, 7) is 13.9. The maximum absolute atomic E-state index is 6.83. The summed E-state index contributed by atoms with van der Waals surface area (Å²) in [5, 5.41) is 0.776. The van der Waals surface area contributed by atoms with Crippen LogP contribution in [0.1, 0.15) is 67.4 Å². The van der Waals surface area contributed by atoms with Gasteiger partial charge in [-0.15, -0.1) is 0 Å². The topological polar surface area (TPSA) is 0 Å². The molecule has 0 aliphatic heterocycles. The van der Waals surface area contributed by atoms with Crippen LogP contribution in [0.5, 0.6) is 0 Å². The average molecular weight is 636 g/mol. The van der Waals surface area contributed by atoms with Crippen molar-refractivity contribution in [2.75, 3.05) is 0 Å². The Morgan fingerprint density at radius 1 is 0.610 bits per heavy atom. The van der Waals surface area contributed by atoms with Crippen LogP contribution in [0.15, 0.2) is 115 Å². The van der Waals surface area contributed by atoms with Gasteiger partial charge >= 0.3 is 254 Å². The van der Waals surface area contributed by atoms with Gasteiger partial charge in [-0.25, -0.2) is 0 Å². The van der Waals surface area contributed by atoms with Crippen molar-refractivity contribution in [3.8, 4) is 11.1 Å². The second-order valence-corrected chi connectivity index (χ2v) is 28.7. The van der Waals surface area contributed by atoms with Crippen molar-refractivity contribution >= 4 is 22.4 Å². The predicted molar refractivity (Wildman–Crippen MR) is 177 cm³/mol. The molecule has 2 aliphatic carbocycles. The SMILES string of the molecule is [CH2]=[Zr]([c]1ccccc1)([c]1cccc(Cl)c1)([CH]1C=CC=C1)[CH]1c2ccc(C(C)(C)C)cc2-c2cc(C(C)(C)C)ccc21. The van der Waals surface area contributed by atoms with E-state index in [2.05, 4.69) is 151 Å². The van der Waals surface area contributed by atoms with E-state index < -0.39 is 18.3 Å². The van der Waals surface area contributed by atoms with Crippen LogP contribution in [-0.2, 0) is 29.1 Å². The van der Waals surface area contributed by atoms with Crippen LogP contribution >= 0.6 is 11.6 Å². The maximum atomic E-state index is 6.83. The van der Waals surface area contributed by atoms with Gasteiger partial charge in [0.15, 0.2) is 0 Å². The Morgan fingerprint density at radius 3 is 1.61 bits per heavy atom. The molecule has 2 aliphatic rings. The molecule has 41 heavy (non-hydrogen) atoms. The van der Waals surface area contributed by atoms with Crippen LogP contribution in [0.25, 0.3) is 11.1 Å². The Labute approximate surface area is 252 Å². The van der Waals surface area contributed by atoms with Gasteiger partial charge in [0.25, 0.3) is 0 Å². The Hall–Kier alpha value is -2.60. The zero-order chi connectivity index (χ0) is 29.2. The predicted octanol–water partition coefficient (Wildman–Crippen LogP) is 9.69. The number of allylic oxidation sites excluding steroid dienone is 4. The van der Waals surface area contributed by atoms with E-state index in [1.807, 2.05) is 6.07 Å². The van der Waals surface area contributed by atoms with E-state index in [0.717, 1.165) is 5.02 Å². The van der Waals surface area contributed by atoms with E-state index in [-0.39, 0.29) is 18.1 Å². The summed E-state index contributed by atoms with van der Waals surface area (Å²) in [6.07, 6.45) is 9.27. The summed E-state index contributed by atoms with van der Waals surface area (Å²) in [4.78, 5) is 0. The zero-order valence-electron chi connectivity index (χ0n) is 25.2. The van der Waals surface area contributed by atoms with E-state index >= 15 is 0 Å². The summed E-state index contributed by atoms with van der Waals surface area (Å²) in [5.41, 5.74) is 8.42. The van der Waals surface area contributed by atoms with Crippen molar-refractivity contribution < 1.29 is 18.3 Å².